The van der Waals surface area contributed by atoms with Crippen molar-refractivity contribution in [1.29, 1.82) is 0 Å². The van der Waals surface area contributed by atoms with Crippen LogP contribution in [-0.2, 0) is 19.0 Å². The van der Waals surface area contributed by atoms with Gasteiger partial charge >= 0.3 is 0 Å². The average molecular weight is 338 g/mol. The maximum Gasteiger partial charge on any atom is 0.251 e. The van der Waals surface area contributed by atoms with E-state index in [9.17, 15) is 4.79 Å². The molecule has 0 aliphatic carbocycles. The molecule has 0 radical (unpaired) electrons. The summed E-state index contributed by atoms with van der Waals surface area (Å²) in [4.78, 5) is 17.1. The second-order valence-corrected chi connectivity index (χ2v) is 7.70. The average Bonchev–Trinajstić information content (AvgIpc) is 3.06. The summed E-state index contributed by atoms with van der Waals surface area (Å²) < 4.78 is 17.0. The topological polar surface area (TPSA) is 51.2 Å². The quantitative estimate of drug-likeness (QED) is 0.760. The summed E-state index contributed by atoms with van der Waals surface area (Å²) in [6.07, 6.45) is 4.47. The van der Waals surface area contributed by atoms with Crippen LogP contribution in [-0.4, -0.2) is 87.1 Å². The van der Waals surface area contributed by atoms with E-state index >= 15 is 0 Å². The minimum Gasteiger partial charge on any atom is -0.381 e. The maximum atomic E-state index is 12.7. The molecule has 0 spiro atoms. The van der Waals surface area contributed by atoms with Crippen molar-refractivity contribution in [2.75, 3.05) is 59.2 Å². The molecule has 1 amide bonds. The van der Waals surface area contributed by atoms with Crippen LogP contribution in [0.25, 0.3) is 0 Å². The summed E-state index contributed by atoms with van der Waals surface area (Å²) in [6, 6.07) is 0. The Morgan fingerprint density at radius 1 is 0.958 bits per heavy atom. The zero-order valence-electron chi connectivity index (χ0n) is 14.5. The number of piperidine rings is 1. The SMILES string of the molecule is O=C([C@@H]1C[C@H]2CCN(CC3CCOCC3)C[C@@H]2O1)N1CCOCC1. The van der Waals surface area contributed by atoms with Gasteiger partial charge in [0.25, 0.3) is 5.91 Å². The molecule has 0 aromatic carbocycles. The Bertz CT molecular complexity index is 435. The number of hydrogen-bond donors (Lipinski definition) is 0. The lowest BCUT2D eigenvalue weighted by Crippen LogP contribution is -2.46. The first-order chi connectivity index (χ1) is 11.8. The Labute approximate surface area is 144 Å². The Morgan fingerprint density at radius 3 is 2.50 bits per heavy atom. The number of carbonyl (C=O) groups is 1. The van der Waals surface area contributed by atoms with Gasteiger partial charge < -0.3 is 24.0 Å². The smallest absolute Gasteiger partial charge is 0.251 e. The van der Waals surface area contributed by atoms with Crippen molar-refractivity contribution in [3.8, 4) is 0 Å². The van der Waals surface area contributed by atoms with Crippen molar-refractivity contribution in [3.05, 3.63) is 0 Å². The number of carbonyl (C=O) groups excluding carboxylic acids is 1. The molecule has 4 rings (SSSR count). The largest absolute Gasteiger partial charge is 0.381 e. The van der Waals surface area contributed by atoms with Gasteiger partial charge in [0.1, 0.15) is 6.10 Å². The molecule has 4 saturated heterocycles. The van der Waals surface area contributed by atoms with Gasteiger partial charge in [0, 0.05) is 39.4 Å². The highest BCUT2D eigenvalue weighted by Gasteiger charge is 2.43. The Kier molecular flexibility index (Phi) is 5.37. The number of amides is 1. The van der Waals surface area contributed by atoms with Crippen LogP contribution in [0.15, 0.2) is 0 Å². The third-order valence-corrected chi connectivity index (χ3v) is 6.09. The van der Waals surface area contributed by atoms with E-state index in [0.29, 0.717) is 32.2 Å². The molecular formula is C18H30N2O4. The number of rotatable bonds is 3. The fourth-order valence-electron chi connectivity index (χ4n) is 4.60. The predicted octanol–water partition coefficient (Wildman–Crippen LogP) is 0.751. The zero-order chi connectivity index (χ0) is 16.4. The van der Waals surface area contributed by atoms with Gasteiger partial charge in [-0.05, 0) is 44.1 Å². The van der Waals surface area contributed by atoms with Crippen molar-refractivity contribution in [1.82, 2.24) is 9.80 Å². The Hall–Kier alpha value is -0.690. The third kappa shape index (κ3) is 3.77. The van der Waals surface area contributed by atoms with Gasteiger partial charge in [-0.25, -0.2) is 0 Å². The number of ether oxygens (including phenoxy) is 3. The van der Waals surface area contributed by atoms with Crippen LogP contribution in [0, 0.1) is 11.8 Å². The summed E-state index contributed by atoms with van der Waals surface area (Å²) in [7, 11) is 0. The predicted molar refractivity (Wildman–Crippen MR) is 88.8 cm³/mol. The molecule has 6 nitrogen and oxygen atoms in total. The molecule has 0 N–H and O–H groups in total. The van der Waals surface area contributed by atoms with Crippen LogP contribution < -0.4 is 0 Å². The minimum atomic E-state index is -0.221. The molecule has 4 aliphatic rings. The molecule has 4 heterocycles. The summed E-state index contributed by atoms with van der Waals surface area (Å²) in [5, 5.41) is 0. The highest BCUT2D eigenvalue weighted by atomic mass is 16.5. The van der Waals surface area contributed by atoms with Gasteiger partial charge in [0.15, 0.2) is 0 Å². The van der Waals surface area contributed by atoms with E-state index in [1.165, 1.54) is 19.3 Å². The molecule has 3 atom stereocenters. The van der Waals surface area contributed by atoms with Crippen molar-refractivity contribution >= 4 is 5.91 Å². The highest BCUT2D eigenvalue weighted by Crippen LogP contribution is 2.34. The van der Waals surface area contributed by atoms with Crippen molar-refractivity contribution in [2.24, 2.45) is 11.8 Å². The van der Waals surface area contributed by atoms with E-state index in [1.807, 2.05) is 4.90 Å². The first-order valence-corrected chi connectivity index (χ1v) is 9.61. The van der Waals surface area contributed by atoms with Crippen LogP contribution in [0.3, 0.4) is 0 Å². The number of nitrogens with zero attached hydrogens (tertiary/aromatic N) is 2. The molecule has 4 aliphatic heterocycles. The molecule has 0 bridgehead atoms. The zero-order valence-corrected chi connectivity index (χ0v) is 14.5. The van der Waals surface area contributed by atoms with Gasteiger partial charge in [0.2, 0.25) is 0 Å². The Balaban J connectivity index is 1.28. The van der Waals surface area contributed by atoms with Gasteiger partial charge in [-0.15, -0.1) is 0 Å². The van der Waals surface area contributed by atoms with Gasteiger partial charge in [-0.2, -0.15) is 0 Å². The molecule has 0 unspecified atom stereocenters. The number of morpholine rings is 1. The highest BCUT2D eigenvalue weighted by molar-refractivity contribution is 5.81. The second-order valence-electron chi connectivity index (χ2n) is 7.70. The molecule has 4 fully saturated rings. The first-order valence-electron chi connectivity index (χ1n) is 9.61. The summed E-state index contributed by atoms with van der Waals surface area (Å²) >= 11 is 0. The number of fused-ring (bicyclic) bond motifs is 1. The van der Waals surface area contributed by atoms with Gasteiger partial charge in [0.05, 0.1) is 19.3 Å². The number of hydrogen-bond acceptors (Lipinski definition) is 5. The molecule has 0 saturated carbocycles. The molecule has 0 aromatic rings. The van der Waals surface area contributed by atoms with Crippen LogP contribution in [0.1, 0.15) is 25.7 Å². The van der Waals surface area contributed by atoms with Crippen molar-refractivity contribution < 1.29 is 19.0 Å². The van der Waals surface area contributed by atoms with E-state index in [4.69, 9.17) is 14.2 Å². The Morgan fingerprint density at radius 2 is 1.71 bits per heavy atom. The van der Waals surface area contributed by atoms with E-state index < -0.39 is 0 Å². The van der Waals surface area contributed by atoms with Crippen LogP contribution in [0.2, 0.25) is 0 Å². The van der Waals surface area contributed by atoms with Crippen molar-refractivity contribution in [2.45, 2.75) is 37.9 Å². The first kappa shape index (κ1) is 16.8. The molecule has 6 heteroatoms. The summed E-state index contributed by atoms with van der Waals surface area (Å²) in [5.74, 6) is 1.51. The second kappa shape index (κ2) is 7.68. The standard InChI is InChI=1S/C18H30N2O4/c21-18(20-5-9-23-10-6-20)16-11-15-1-4-19(13-17(15)24-16)12-14-2-7-22-8-3-14/h14-17H,1-13H2/t15-,16+,17+/m1/s1. The molecule has 0 aromatic heterocycles. The van der Waals surface area contributed by atoms with E-state index in [0.717, 1.165) is 45.2 Å². The molecule has 136 valence electrons. The van der Waals surface area contributed by atoms with E-state index in [1.54, 1.807) is 0 Å². The maximum absolute atomic E-state index is 12.7. The van der Waals surface area contributed by atoms with Crippen LogP contribution in [0.4, 0.5) is 0 Å². The lowest BCUT2D eigenvalue weighted by molar-refractivity contribution is -0.147. The molecule has 24 heavy (non-hydrogen) atoms. The summed E-state index contributed by atoms with van der Waals surface area (Å²) in [5.41, 5.74) is 0. The van der Waals surface area contributed by atoms with E-state index in [2.05, 4.69) is 4.90 Å². The lowest BCUT2D eigenvalue weighted by atomic mass is 9.90. The van der Waals surface area contributed by atoms with Crippen LogP contribution >= 0.6 is 0 Å². The minimum absolute atomic E-state index is 0.184. The fourth-order valence-corrected chi connectivity index (χ4v) is 4.60. The van der Waals surface area contributed by atoms with Crippen molar-refractivity contribution in [3.63, 3.8) is 0 Å². The summed E-state index contributed by atoms with van der Waals surface area (Å²) in [6.45, 7) is 7.88. The normalized spacial score (nSPS) is 35.8. The van der Waals surface area contributed by atoms with Crippen LogP contribution in [0.5, 0.6) is 0 Å². The van der Waals surface area contributed by atoms with Gasteiger partial charge in [-0.1, -0.05) is 0 Å². The third-order valence-electron chi connectivity index (χ3n) is 6.09. The molecular weight excluding hydrogens is 308 g/mol. The monoisotopic (exact) mass is 338 g/mol. The fraction of sp³-hybridized carbons (Fsp3) is 0.944. The number of likely N-dealkylation sites (tertiary alicyclic amines) is 1. The van der Waals surface area contributed by atoms with Gasteiger partial charge in [-0.3, -0.25) is 4.79 Å². The lowest BCUT2D eigenvalue weighted by Gasteiger charge is -2.37. The van der Waals surface area contributed by atoms with E-state index in [-0.39, 0.29) is 18.1 Å².